The van der Waals surface area contributed by atoms with Crippen LogP contribution in [0.4, 0.5) is 8.78 Å². The second-order valence-electron chi connectivity index (χ2n) is 5.75. The summed E-state index contributed by atoms with van der Waals surface area (Å²) in [5.74, 6) is -2.05. The Morgan fingerprint density at radius 1 is 1.33 bits per heavy atom. The monoisotopic (exact) mass is 385 g/mol. The second-order valence-corrected chi connectivity index (χ2v) is 8.26. The fraction of sp³-hybridized carbons (Fsp3) is 0.538. The lowest BCUT2D eigenvalue weighted by atomic mass is 9.86. The highest BCUT2D eigenvalue weighted by Crippen LogP contribution is 2.29. The summed E-state index contributed by atoms with van der Waals surface area (Å²) >= 11 is 2.86. The van der Waals surface area contributed by atoms with E-state index in [0.29, 0.717) is 6.07 Å². The Labute approximate surface area is 131 Å². The molecule has 0 bridgehead atoms. The molecule has 1 rings (SSSR count). The van der Waals surface area contributed by atoms with Crippen LogP contribution in [0.5, 0.6) is 0 Å². The van der Waals surface area contributed by atoms with Crippen LogP contribution in [0.2, 0.25) is 0 Å². The molecule has 0 spiro atoms. The summed E-state index contributed by atoms with van der Waals surface area (Å²) < 4.78 is 53.7. The SMILES string of the molecule is CC(C)(C)C(CCO)NS(=O)(=O)c1c(F)cc(F)cc1Br. The van der Waals surface area contributed by atoms with Crippen LogP contribution >= 0.6 is 15.9 Å². The van der Waals surface area contributed by atoms with E-state index in [2.05, 4.69) is 20.7 Å². The summed E-state index contributed by atoms with van der Waals surface area (Å²) in [7, 11) is -4.19. The summed E-state index contributed by atoms with van der Waals surface area (Å²) in [5, 5.41) is 9.05. The van der Waals surface area contributed by atoms with Gasteiger partial charge in [-0.2, -0.15) is 0 Å². The Morgan fingerprint density at radius 2 is 1.90 bits per heavy atom. The molecule has 4 nitrogen and oxygen atoms in total. The van der Waals surface area contributed by atoms with Gasteiger partial charge in [-0.25, -0.2) is 21.9 Å². The molecule has 0 fully saturated rings. The van der Waals surface area contributed by atoms with Crippen molar-refractivity contribution in [3.05, 3.63) is 28.2 Å². The van der Waals surface area contributed by atoms with E-state index in [-0.39, 0.29) is 17.5 Å². The minimum absolute atomic E-state index is 0.184. The molecule has 0 aliphatic rings. The van der Waals surface area contributed by atoms with E-state index in [0.717, 1.165) is 6.07 Å². The molecule has 120 valence electrons. The third kappa shape index (κ3) is 4.70. The van der Waals surface area contributed by atoms with E-state index in [1.807, 2.05) is 0 Å². The van der Waals surface area contributed by atoms with Crippen LogP contribution in [0.25, 0.3) is 0 Å². The molecule has 0 saturated carbocycles. The number of halogens is 3. The minimum atomic E-state index is -4.19. The van der Waals surface area contributed by atoms with Gasteiger partial charge in [0.2, 0.25) is 10.0 Å². The number of benzene rings is 1. The first-order chi connectivity index (χ1) is 9.49. The molecule has 8 heteroatoms. The van der Waals surface area contributed by atoms with Crippen molar-refractivity contribution in [3.63, 3.8) is 0 Å². The van der Waals surface area contributed by atoms with Gasteiger partial charge < -0.3 is 5.11 Å². The molecular weight excluding hydrogens is 368 g/mol. The van der Waals surface area contributed by atoms with Crippen molar-refractivity contribution in [3.8, 4) is 0 Å². The van der Waals surface area contributed by atoms with Gasteiger partial charge in [-0.3, -0.25) is 0 Å². The standard InChI is InChI=1S/C13H18BrF2NO3S/c1-13(2,3)11(4-5-18)17-21(19,20)12-9(14)6-8(15)7-10(12)16/h6-7,11,17-18H,4-5H2,1-3H3. The lowest BCUT2D eigenvalue weighted by Crippen LogP contribution is -2.44. The van der Waals surface area contributed by atoms with E-state index in [1.165, 1.54) is 0 Å². The van der Waals surface area contributed by atoms with E-state index >= 15 is 0 Å². The first kappa shape index (κ1) is 18.5. The largest absolute Gasteiger partial charge is 0.396 e. The number of nitrogens with one attached hydrogen (secondary N) is 1. The number of aliphatic hydroxyl groups is 1. The maximum Gasteiger partial charge on any atom is 0.244 e. The van der Waals surface area contributed by atoms with Gasteiger partial charge in [0.05, 0.1) is 0 Å². The lowest BCUT2D eigenvalue weighted by Gasteiger charge is -2.31. The molecular formula is C13H18BrF2NO3S. The molecule has 0 aliphatic heterocycles. The highest BCUT2D eigenvalue weighted by atomic mass is 79.9. The van der Waals surface area contributed by atoms with Crippen molar-refractivity contribution in [2.45, 2.75) is 38.1 Å². The Hall–Kier alpha value is -0.570. The van der Waals surface area contributed by atoms with Crippen LogP contribution in [0.3, 0.4) is 0 Å². The Morgan fingerprint density at radius 3 is 2.33 bits per heavy atom. The highest BCUT2D eigenvalue weighted by molar-refractivity contribution is 9.10. The maximum absolute atomic E-state index is 13.8. The summed E-state index contributed by atoms with van der Waals surface area (Å²) in [4.78, 5) is -0.643. The van der Waals surface area contributed by atoms with Crippen LogP contribution in [-0.2, 0) is 10.0 Å². The molecule has 0 amide bonds. The normalized spacial score (nSPS) is 14.2. The van der Waals surface area contributed by atoms with Crippen LogP contribution in [0.15, 0.2) is 21.5 Å². The van der Waals surface area contributed by atoms with Gasteiger partial charge in [0.1, 0.15) is 16.5 Å². The van der Waals surface area contributed by atoms with E-state index in [9.17, 15) is 17.2 Å². The highest BCUT2D eigenvalue weighted by Gasteiger charge is 2.32. The van der Waals surface area contributed by atoms with Crippen molar-refractivity contribution in [2.75, 3.05) is 6.61 Å². The molecule has 2 N–H and O–H groups in total. The van der Waals surface area contributed by atoms with Gasteiger partial charge in [0, 0.05) is 23.2 Å². The third-order valence-corrected chi connectivity index (χ3v) is 5.43. The molecule has 0 heterocycles. The molecule has 0 aromatic heterocycles. The Kier molecular flexibility index (Phi) is 5.88. The van der Waals surface area contributed by atoms with Crippen LogP contribution < -0.4 is 4.72 Å². The number of hydrogen-bond donors (Lipinski definition) is 2. The molecule has 0 radical (unpaired) electrons. The fourth-order valence-corrected chi connectivity index (χ4v) is 4.47. The van der Waals surface area contributed by atoms with Crippen molar-refractivity contribution >= 4 is 26.0 Å². The molecule has 1 atom stereocenters. The van der Waals surface area contributed by atoms with Crippen molar-refractivity contribution < 1.29 is 22.3 Å². The van der Waals surface area contributed by atoms with E-state index in [4.69, 9.17) is 5.11 Å². The Bertz CT molecular complexity index is 591. The number of sulfonamides is 1. The third-order valence-electron chi connectivity index (χ3n) is 2.99. The molecule has 0 saturated heterocycles. The average Bonchev–Trinajstić information content (AvgIpc) is 2.24. The van der Waals surface area contributed by atoms with Gasteiger partial charge in [-0.15, -0.1) is 0 Å². The van der Waals surface area contributed by atoms with Crippen molar-refractivity contribution in [2.24, 2.45) is 5.41 Å². The van der Waals surface area contributed by atoms with Crippen molar-refractivity contribution in [1.82, 2.24) is 4.72 Å². The molecule has 0 aliphatic carbocycles. The predicted molar refractivity (Wildman–Crippen MR) is 79.3 cm³/mol. The fourth-order valence-electron chi connectivity index (χ4n) is 1.83. The van der Waals surface area contributed by atoms with Crippen LogP contribution in [-0.4, -0.2) is 26.2 Å². The molecule has 21 heavy (non-hydrogen) atoms. The topological polar surface area (TPSA) is 66.4 Å². The zero-order valence-electron chi connectivity index (χ0n) is 12.0. The summed E-state index contributed by atoms with van der Waals surface area (Å²) in [6, 6.07) is 0.802. The minimum Gasteiger partial charge on any atom is -0.396 e. The summed E-state index contributed by atoms with van der Waals surface area (Å²) in [6.07, 6.45) is 0.184. The van der Waals surface area contributed by atoms with Crippen LogP contribution in [0.1, 0.15) is 27.2 Å². The number of hydrogen-bond acceptors (Lipinski definition) is 3. The van der Waals surface area contributed by atoms with Gasteiger partial charge in [0.25, 0.3) is 0 Å². The molecule has 1 unspecified atom stereocenters. The van der Waals surface area contributed by atoms with Crippen molar-refractivity contribution in [1.29, 1.82) is 0 Å². The van der Waals surface area contributed by atoms with Gasteiger partial charge in [-0.1, -0.05) is 20.8 Å². The summed E-state index contributed by atoms with van der Waals surface area (Å²) in [6.45, 7) is 5.18. The second kappa shape index (κ2) is 6.68. The van der Waals surface area contributed by atoms with Gasteiger partial charge >= 0.3 is 0 Å². The van der Waals surface area contributed by atoms with Crippen LogP contribution in [0, 0.1) is 17.0 Å². The number of rotatable bonds is 5. The quantitative estimate of drug-likeness (QED) is 0.818. The maximum atomic E-state index is 13.8. The van der Waals surface area contributed by atoms with Gasteiger partial charge in [-0.05, 0) is 33.8 Å². The average molecular weight is 386 g/mol. The Balaban J connectivity index is 3.23. The lowest BCUT2D eigenvalue weighted by molar-refractivity contribution is 0.214. The smallest absolute Gasteiger partial charge is 0.244 e. The van der Waals surface area contributed by atoms with Gasteiger partial charge in [0.15, 0.2) is 0 Å². The number of aliphatic hydroxyl groups excluding tert-OH is 1. The predicted octanol–water partition coefficient (Wildman–Crippen LogP) is 2.80. The molecule has 1 aromatic rings. The van der Waals surface area contributed by atoms with E-state index < -0.39 is 38.0 Å². The first-order valence-corrected chi connectivity index (χ1v) is 8.54. The van der Waals surface area contributed by atoms with E-state index in [1.54, 1.807) is 20.8 Å². The zero-order valence-corrected chi connectivity index (χ0v) is 14.4. The summed E-state index contributed by atoms with van der Waals surface area (Å²) in [5.41, 5.74) is -0.473. The zero-order chi connectivity index (χ0) is 16.4. The molecule has 1 aromatic carbocycles. The first-order valence-electron chi connectivity index (χ1n) is 6.27.